The number of thiophene rings is 1. The van der Waals surface area contributed by atoms with Gasteiger partial charge in [0.15, 0.2) is 0 Å². The number of ether oxygens (including phenoxy) is 4. The molecule has 8 atom stereocenters. The first-order valence-corrected chi connectivity index (χ1v) is 40.7. The smallest absolute Gasteiger partial charge is 0.407 e. The Kier molecular flexibility index (Phi) is 25.2. The van der Waals surface area contributed by atoms with Crippen LogP contribution >= 0.6 is 11.3 Å². The summed E-state index contributed by atoms with van der Waals surface area (Å²) in [5.74, 6) is 2.56. The van der Waals surface area contributed by atoms with Crippen molar-refractivity contribution >= 4 is 80.4 Å². The second-order valence-corrected chi connectivity index (χ2v) is 32.8. The van der Waals surface area contributed by atoms with E-state index in [1.807, 2.05) is 109 Å². The number of hydrogen-bond donors (Lipinski definition) is 8. The van der Waals surface area contributed by atoms with Gasteiger partial charge in [0.1, 0.15) is 58.8 Å². The highest BCUT2D eigenvalue weighted by Gasteiger charge is 2.43. The molecule has 10 heterocycles. The summed E-state index contributed by atoms with van der Waals surface area (Å²) in [6.07, 6.45) is 11.1. The lowest BCUT2D eigenvalue weighted by atomic mass is 9.97. The third-order valence-electron chi connectivity index (χ3n) is 22.6. The zero-order valence-electron chi connectivity index (χ0n) is 68.1. The maximum atomic E-state index is 13.7. The van der Waals surface area contributed by atoms with Crippen molar-refractivity contribution < 1.29 is 61.7 Å². The molecule has 14 rings (SSSR count). The third kappa shape index (κ3) is 17.3. The maximum absolute atomic E-state index is 13.7. The average Bonchev–Trinajstić information content (AvgIpc) is 1.62. The van der Waals surface area contributed by atoms with E-state index in [2.05, 4.69) is 109 Å². The van der Waals surface area contributed by atoms with Crippen molar-refractivity contribution in [1.82, 2.24) is 80.7 Å². The fourth-order valence-electron chi connectivity index (χ4n) is 16.4. The number of H-pyrrole nitrogens is 4. The number of aryl methyl sites for hydroxylation is 2. The van der Waals surface area contributed by atoms with Gasteiger partial charge in [-0.25, -0.2) is 39.1 Å². The van der Waals surface area contributed by atoms with Gasteiger partial charge in [0.05, 0.1) is 100 Å². The maximum Gasteiger partial charge on any atom is 0.407 e. The molecule has 8 N–H and O–H groups in total. The molecule has 4 saturated heterocycles. The fourth-order valence-corrected chi connectivity index (χ4v) is 17.5. The van der Waals surface area contributed by atoms with Gasteiger partial charge < -0.3 is 84.2 Å². The number of likely N-dealkylation sites (tertiary alicyclic amines) is 4. The summed E-state index contributed by atoms with van der Waals surface area (Å²) in [5, 5.41) is 12.9. The summed E-state index contributed by atoms with van der Waals surface area (Å²) in [6, 6.07) is 25.6. The second kappa shape index (κ2) is 35.5. The molecule has 0 radical (unpaired) electrons. The lowest BCUT2D eigenvalue weighted by Crippen LogP contribution is -2.51. The minimum absolute atomic E-state index is 0.109. The van der Waals surface area contributed by atoms with E-state index in [0.29, 0.717) is 37.8 Å². The van der Waals surface area contributed by atoms with Crippen molar-refractivity contribution in [1.29, 1.82) is 0 Å². The van der Waals surface area contributed by atoms with Gasteiger partial charge in [0.25, 0.3) is 0 Å². The van der Waals surface area contributed by atoms with E-state index in [0.717, 1.165) is 157 Å². The van der Waals surface area contributed by atoms with Crippen LogP contribution in [0.3, 0.4) is 0 Å². The largest absolute Gasteiger partial charge is 0.461 e. The predicted octanol–water partition coefficient (Wildman–Crippen LogP) is 15.0. The number of aromatic nitrogens is 8. The summed E-state index contributed by atoms with van der Waals surface area (Å²) in [4.78, 5) is 144. The number of aromatic amines is 4. The van der Waals surface area contributed by atoms with Crippen LogP contribution in [0.15, 0.2) is 114 Å². The van der Waals surface area contributed by atoms with E-state index in [1.54, 1.807) is 33.5 Å². The van der Waals surface area contributed by atoms with Crippen LogP contribution in [0.25, 0.3) is 88.3 Å². The van der Waals surface area contributed by atoms with Gasteiger partial charge in [0, 0.05) is 57.7 Å². The highest BCUT2D eigenvalue weighted by Crippen LogP contribution is 2.44. The van der Waals surface area contributed by atoms with E-state index in [9.17, 15) is 38.4 Å². The van der Waals surface area contributed by atoms with Crippen LogP contribution in [0.1, 0.15) is 165 Å². The molecule has 30 heteroatoms. The van der Waals surface area contributed by atoms with Gasteiger partial charge in [-0.2, -0.15) is 0 Å². The van der Waals surface area contributed by atoms with E-state index < -0.39 is 48.5 Å². The van der Waals surface area contributed by atoms with Gasteiger partial charge in [-0.15, -0.1) is 11.3 Å². The minimum Gasteiger partial charge on any atom is -0.461 e. The summed E-state index contributed by atoms with van der Waals surface area (Å²) in [7, 11) is 5.16. The third-order valence-corrected chi connectivity index (χ3v) is 23.6. The number of amides is 8. The van der Waals surface area contributed by atoms with Crippen LogP contribution in [0.4, 0.5) is 19.2 Å². The average molecular weight is 1600 g/mol. The lowest BCUT2D eigenvalue weighted by Gasteiger charge is -2.30. The van der Waals surface area contributed by atoms with Crippen molar-refractivity contribution in [2.24, 2.45) is 23.7 Å². The quantitative estimate of drug-likeness (QED) is 0.0292. The topological polar surface area (TPSA) is 362 Å². The first-order chi connectivity index (χ1) is 55.7. The molecule has 0 aliphatic carbocycles. The van der Waals surface area contributed by atoms with Crippen LogP contribution in [-0.4, -0.2) is 186 Å². The Balaban J connectivity index is 0.000000202. The van der Waals surface area contributed by atoms with Crippen LogP contribution in [-0.2, 0) is 38.1 Å². The molecule has 0 saturated carbocycles. The molecule has 0 unspecified atom stereocenters. The van der Waals surface area contributed by atoms with Crippen molar-refractivity contribution in [3.63, 3.8) is 0 Å². The molecular formula is C86H104N16O13S. The Labute approximate surface area is 677 Å². The Morgan fingerprint density at radius 2 is 0.690 bits per heavy atom. The number of fused-ring (bicyclic) bond motifs is 2. The summed E-state index contributed by atoms with van der Waals surface area (Å²) in [5.41, 5.74) is 12.1. The highest BCUT2D eigenvalue weighted by atomic mass is 32.1. The second-order valence-electron chi connectivity index (χ2n) is 31.6. The van der Waals surface area contributed by atoms with Gasteiger partial charge in [-0.3, -0.25) is 19.2 Å². The molecule has 4 aromatic carbocycles. The Morgan fingerprint density at radius 3 is 1.03 bits per heavy atom. The van der Waals surface area contributed by atoms with Crippen LogP contribution < -0.4 is 21.3 Å². The summed E-state index contributed by atoms with van der Waals surface area (Å²) in [6.45, 7) is 21.6. The van der Waals surface area contributed by atoms with E-state index in [1.165, 1.54) is 33.3 Å². The molecule has 4 fully saturated rings. The van der Waals surface area contributed by atoms with Crippen molar-refractivity contribution in [2.45, 2.75) is 169 Å². The molecule has 6 aromatic heterocycles. The van der Waals surface area contributed by atoms with Gasteiger partial charge in [-0.1, -0.05) is 122 Å². The zero-order chi connectivity index (χ0) is 82.5. The number of furan rings is 1. The normalized spacial score (nSPS) is 17.9. The van der Waals surface area contributed by atoms with Crippen LogP contribution in [0, 0.1) is 37.5 Å². The number of methoxy groups -OCH3 is 4. The fraction of sp³-hybridized carbons (Fsp3) is 0.442. The van der Waals surface area contributed by atoms with Crippen LogP contribution in [0.2, 0.25) is 0 Å². The Hall–Kier alpha value is -11.8. The first kappa shape index (κ1) is 82.2. The minimum atomic E-state index is -0.714. The molecule has 612 valence electrons. The summed E-state index contributed by atoms with van der Waals surface area (Å²) >= 11 is 1.74. The lowest BCUT2D eigenvalue weighted by molar-refractivity contribution is -0.136. The molecule has 116 heavy (non-hydrogen) atoms. The summed E-state index contributed by atoms with van der Waals surface area (Å²) < 4.78 is 26.6. The number of benzene rings is 4. The number of imidazole rings is 4. The van der Waals surface area contributed by atoms with E-state index >= 15 is 0 Å². The van der Waals surface area contributed by atoms with Gasteiger partial charge in [-0.05, 0) is 140 Å². The number of hydrogen-bond acceptors (Lipinski definition) is 18. The number of carbonyl (C=O) groups excluding carboxylic acids is 8. The molecule has 29 nitrogen and oxygen atoms in total. The molecular weight excluding hydrogens is 1500 g/mol. The van der Waals surface area contributed by atoms with Crippen molar-refractivity contribution in [2.75, 3.05) is 54.6 Å². The highest BCUT2D eigenvalue weighted by molar-refractivity contribution is 7.19. The molecule has 0 bridgehead atoms. The Bertz CT molecular complexity index is 4910. The van der Waals surface area contributed by atoms with E-state index in [-0.39, 0.29) is 71.5 Å². The SMILES string of the molecule is COC(=O)N[C@H](C(=O)N1CCC[C@H]1c1ncc(-c2ccc(-c3ccc(-c4cnc([C@@H]5CCCN5C(=O)[C@@H](NC(=O)OC)C(C)C)[nH]4)c4oc(C)cc34)cc2)[nH]1)C(C)C.COC(=O)N[C@H](C(=O)N1CCC[C@H]1c1ncc(-c2ccc(-c3ccc(-c4cnc([C@@H]5CCCN5C(=O)[C@@H](NC(=O)OC)C(C)C)[nH]4)c4sc(C)cc34)cc2)[nH]1)C(C)C. The molecule has 8 amide bonds. The predicted molar refractivity (Wildman–Crippen MR) is 440 cm³/mol. The molecule has 10 aromatic rings. The number of nitrogens with zero attached hydrogens (tertiary/aromatic N) is 8. The number of rotatable bonds is 22. The van der Waals surface area contributed by atoms with Gasteiger partial charge in [0.2, 0.25) is 23.6 Å². The molecule has 4 aliphatic heterocycles. The number of carbonyl (C=O) groups is 8. The molecule has 4 aliphatic rings. The van der Waals surface area contributed by atoms with Crippen molar-refractivity contribution in [3.8, 4) is 67.3 Å². The first-order valence-electron chi connectivity index (χ1n) is 39.8. The van der Waals surface area contributed by atoms with Crippen molar-refractivity contribution in [3.05, 3.63) is 144 Å². The standard InChI is InChI=1S/C43H52N8O7.C43H52N8O6S/c2*1-23(2)35(48-42(54)56-6)40(52)50-18-8-10-33(50)38-44-21-31(46-38)27-14-12-26(13-15-27)28-16-17-29(37-30(28)20-25(5)58-37)32-22-45-39(47-32)34-11-9-19-51(34)41(53)36(24(3)4)49-43(55)57-7/h2*12-17,20-24,33-36H,8-11,18-19H2,1-7H3,(H,44,46)(H,45,47)(H,48,54)(H,49,55)/t2*33-,34-,35-,36-/m00/s1. The van der Waals surface area contributed by atoms with E-state index in [4.69, 9.17) is 43.3 Å². The van der Waals surface area contributed by atoms with Crippen LogP contribution in [0.5, 0.6) is 0 Å². The zero-order valence-corrected chi connectivity index (χ0v) is 68.9. The van der Waals surface area contributed by atoms with Gasteiger partial charge >= 0.3 is 24.4 Å². The number of alkyl carbamates (subject to hydrolysis) is 4. The monoisotopic (exact) mass is 1600 g/mol. The Morgan fingerprint density at radius 1 is 0.397 bits per heavy atom. The molecule has 0 spiro atoms. The number of nitrogens with one attached hydrogen (secondary N) is 8.